The first kappa shape index (κ1) is 17.2. The third-order valence-electron chi connectivity index (χ3n) is 9.85. The molecule has 2 heterocycles. The molecule has 6 fully saturated rings. The van der Waals surface area contributed by atoms with Gasteiger partial charge in [0.25, 0.3) is 5.91 Å². The molecular formula is C23H20ClFN4O2. The molecule has 0 radical (unpaired) electrons. The van der Waals surface area contributed by atoms with Crippen molar-refractivity contribution in [3.8, 4) is 11.3 Å². The SMILES string of the molecule is NC(=O)c1c(-c2cccc(Cl)c2)nn2c1CN(C(=O)CC13C4C5C1C1C3C4C51F)CC2. The number of nitrogens with two attached hydrogens (primary N) is 1. The van der Waals surface area contributed by atoms with Gasteiger partial charge in [0.05, 0.1) is 24.3 Å². The second-order valence-electron chi connectivity index (χ2n) is 10.4. The number of aromatic nitrogens is 2. The average molecular weight is 439 g/mol. The standard InChI is InChI=1S/C23H20ClFN4O2/c24-10-3-1-2-9(6-10)20-13(21(26)31)11-8-28(4-5-29(11)27-20)12(30)7-22-14-17-15(22)19-16(22)18(14)23(17,19)25/h1-3,6,14-19H,4-5,7-8H2,(H2,26,31). The molecule has 0 spiro atoms. The van der Waals surface area contributed by atoms with E-state index in [1.807, 2.05) is 17.0 Å². The lowest BCUT2D eigenvalue weighted by molar-refractivity contribution is -0.646. The first-order valence-corrected chi connectivity index (χ1v) is 11.4. The maximum atomic E-state index is 14.6. The van der Waals surface area contributed by atoms with E-state index in [1.165, 1.54) is 0 Å². The zero-order chi connectivity index (χ0) is 21.0. The quantitative estimate of drug-likeness (QED) is 0.796. The lowest BCUT2D eigenvalue weighted by atomic mass is 8.95. The van der Waals surface area contributed by atoms with E-state index in [-0.39, 0.29) is 29.1 Å². The van der Waals surface area contributed by atoms with E-state index in [1.54, 1.807) is 16.8 Å². The monoisotopic (exact) mass is 438 g/mol. The van der Waals surface area contributed by atoms with E-state index in [0.29, 0.717) is 65.8 Å². The second kappa shape index (κ2) is 4.82. The van der Waals surface area contributed by atoms with E-state index in [0.717, 1.165) is 5.56 Å². The Morgan fingerprint density at radius 2 is 1.87 bits per heavy atom. The van der Waals surface area contributed by atoms with Gasteiger partial charge in [0.2, 0.25) is 5.91 Å². The number of benzene rings is 1. The number of rotatable bonds is 4. The molecule has 0 saturated heterocycles. The van der Waals surface area contributed by atoms with Gasteiger partial charge in [-0.3, -0.25) is 14.3 Å². The Morgan fingerprint density at radius 1 is 1.16 bits per heavy atom. The Balaban J connectivity index is 1.08. The van der Waals surface area contributed by atoms with Crippen LogP contribution in [-0.2, 0) is 17.9 Å². The van der Waals surface area contributed by atoms with Crippen LogP contribution in [0.4, 0.5) is 4.39 Å². The van der Waals surface area contributed by atoms with Crippen molar-refractivity contribution in [2.24, 2.45) is 46.7 Å². The van der Waals surface area contributed by atoms with Crippen LogP contribution < -0.4 is 5.73 Å². The topological polar surface area (TPSA) is 81.2 Å². The highest BCUT2D eigenvalue weighted by molar-refractivity contribution is 6.30. The highest BCUT2D eigenvalue weighted by atomic mass is 35.5. The fourth-order valence-corrected chi connectivity index (χ4v) is 9.16. The maximum absolute atomic E-state index is 14.6. The van der Waals surface area contributed by atoms with Crippen molar-refractivity contribution in [2.75, 3.05) is 6.54 Å². The molecule has 31 heavy (non-hydrogen) atoms. The first-order valence-electron chi connectivity index (χ1n) is 11.0. The van der Waals surface area contributed by atoms with E-state index in [9.17, 15) is 14.0 Å². The third-order valence-corrected chi connectivity index (χ3v) is 10.1. The van der Waals surface area contributed by atoms with Gasteiger partial charge in [-0.1, -0.05) is 23.7 Å². The molecule has 0 bridgehead atoms. The summed E-state index contributed by atoms with van der Waals surface area (Å²) in [6.07, 6.45) is 0.535. The Labute approximate surface area is 182 Å². The first-order chi connectivity index (χ1) is 14.9. The van der Waals surface area contributed by atoms with Crippen LogP contribution in [0.3, 0.4) is 0 Å². The Kier molecular flexibility index (Phi) is 2.67. The zero-order valence-corrected chi connectivity index (χ0v) is 17.3. The van der Waals surface area contributed by atoms with Gasteiger partial charge in [-0.25, -0.2) is 4.39 Å². The van der Waals surface area contributed by atoms with Crippen LogP contribution in [0.2, 0.25) is 5.02 Å². The summed E-state index contributed by atoms with van der Waals surface area (Å²) in [5.41, 5.74) is 7.30. The molecule has 1 aromatic heterocycles. The van der Waals surface area contributed by atoms with Crippen molar-refractivity contribution >= 4 is 23.4 Å². The van der Waals surface area contributed by atoms with Gasteiger partial charge in [-0.2, -0.15) is 5.10 Å². The summed E-state index contributed by atoms with van der Waals surface area (Å²) in [7, 11) is 0. The molecule has 0 unspecified atom stereocenters. The van der Waals surface area contributed by atoms with Crippen LogP contribution in [0.15, 0.2) is 24.3 Å². The summed E-state index contributed by atoms with van der Waals surface area (Å²) >= 11 is 6.13. The average Bonchev–Trinajstić information content (AvgIpc) is 3.15. The predicted octanol–water partition coefficient (Wildman–Crippen LogP) is 2.49. The van der Waals surface area contributed by atoms with Crippen LogP contribution in [0.25, 0.3) is 11.3 Å². The molecule has 2 amide bonds. The molecule has 9 rings (SSSR count). The smallest absolute Gasteiger partial charge is 0.252 e. The molecule has 2 aromatic rings. The fraction of sp³-hybridized carbons (Fsp3) is 0.522. The number of alkyl halides is 1. The number of amides is 2. The molecule has 0 atom stereocenters. The molecule has 7 aliphatic rings. The summed E-state index contributed by atoms with van der Waals surface area (Å²) in [6.45, 7) is 1.40. The minimum Gasteiger partial charge on any atom is -0.365 e. The third kappa shape index (κ3) is 1.50. The van der Waals surface area contributed by atoms with E-state index in [4.69, 9.17) is 17.3 Å². The van der Waals surface area contributed by atoms with Crippen molar-refractivity contribution in [3.63, 3.8) is 0 Å². The normalized spacial score (nSPS) is 43.5. The molecule has 6 aliphatic carbocycles. The summed E-state index contributed by atoms with van der Waals surface area (Å²) < 4.78 is 16.4. The molecule has 2 N–H and O–H groups in total. The second-order valence-corrected chi connectivity index (χ2v) is 10.8. The lowest BCUT2D eigenvalue weighted by Gasteiger charge is -3.09. The molecule has 1 aromatic carbocycles. The fourth-order valence-electron chi connectivity index (χ4n) is 8.97. The number of nitrogens with zero attached hydrogens (tertiary/aromatic N) is 3. The number of hydrogen-bond acceptors (Lipinski definition) is 3. The summed E-state index contributed by atoms with van der Waals surface area (Å²) in [5.74, 6) is 1.77. The molecule has 158 valence electrons. The van der Waals surface area contributed by atoms with Crippen LogP contribution in [-0.4, -0.2) is 38.7 Å². The van der Waals surface area contributed by atoms with E-state index >= 15 is 0 Å². The van der Waals surface area contributed by atoms with Gasteiger partial charge >= 0.3 is 0 Å². The van der Waals surface area contributed by atoms with Crippen LogP contribution in [0, 0.1) is 40.9 Å². The molecule has 6 nitrogen and oxygen atoms in total. The van der Waals surface area contributed by atoms with Gasteiger partial charge in [-0.15, -0.1) is 0 Å². The summed E-state index contributed by atoms with van der Waals surface area (Å²) in [6, 6.07) is 7.18. The number of primary amides is 1. The minimum absolute atomic E-state index is 0.112. The van der Waals surface area contributed by atoms with Gasteiger partial charge < -0.3 is 10.6 Å². The number of carbonyl (C=O) groups is 2. The Bertz CT molecular complexity index is 1200. The number of carbonyl (C=O) groups excluding carboxylic acids is 2. The van der Waals surface area contributed by atoms with Crippen LogP contribution in [0.1, 0.15) is 22.5 Å². The van der Waals surface area contributed by atoms with Gasteiger partial charge in [0.15, 0.2) is 0 Å². The predicted molar refractivity (Wildman–Crippen MR) is 108 cm³/mol. The van der Waals surface area contributed by atoms with Gasteiger partial charge in [0.1, 0.15) is 11.4 Å². The van der Waals surface area contributed by atoms with Crippen molar-refractivity contribution in [1.29, 1.82) is 0 Å². The van der Waals surface area contributed by atoms with Crippen molar-refractivity contribution in [1.82, 2.24) is 14.7 Å². The van der Waals surface area contributed by atoms with Crippen LogP contribution in [0.5, 0.6) is 0 Å². The Morgan fingerprint density at radius 3 is 2.52 bits per heavy atom. The van der Waals surface area contributed by atoms with Crippen LogP contribution >= 0.6 is 11.6 Å². The van der Waals surface area contributed by atoms with Crippen molar-refractivity contribution in [3.05, 3.63) is 40.5 Å². The highest BCUT2D eigenvalue weighted by Gasteiger charge is 3.10. The number of halogens is 2. The van der Waals surface area contributed by atoms with Gasteiger partial charge in [0, 0.05) is 41.3 Å². The molecule has 1 aliphatic heterocycles. The largest absolute Gasteiger partial charge is 0.365 e. The molecular weight excluding hydrogens is 419 g/mol. The Hall–Kier alpha value is -2.41. The minimum atomic E-state index is -0.824. The van der Waals surface area contributed by atoms with E-state index in [2.05, 4.69) is 5.10 Å². The maximum Gasteiger partial charge on any atom is 0.252 e. The summed E-state index contributed by atoms with van der Waals surface area (Å²) in [4.78, 5) is 27.4. The summed E-state index contributed by atoms with van der Waals surface area (Å²) in [5, 5.41) is 5.18. The van der Waals surface area contributed by atoms with Gasteiger partial charge in [-0.05, 0) is 35.3 Å². The van der Waals surface area contributed by atoms with E-state index < -0.39 is 11.6 Å². The van der Waals surface area contributed by atoms with Crippen molar-refractivity contribution < 1.29 is 14.0 Å². The number of hydrogen-bond donors (Lipinski definition) is 1. The molecule has 8 heteroatoms. The lowest BCUT2D eigenvalue weighted by Crippen LogP contribution is -3.11. The highest BCUT2D eigenvalue weighted by Crippen LogP contribution is 3.08. The molecule has 6 saturated carbocycles. The van der Waals surface area contributed by atoms with Crippen molar-refractivity contribution in [2.45, 2.75) is 25.2 Å². The zero-order valence-electron chi connectivity index (χ0n) is 16.6. The number of fused-ring (bicyclic) bond motifs is 1.